The van der Waals surface area contributed by atoms with Gasteiger partial charge < -0.3 is 0 Å². The second kappa shape index (κ2) is 7.26. The summed E-state index contributed by atoms with van der Waals surface area (Å²) in [6, 6.07) is 15.8. The van der Waals surface area contributed by atoms with Crippen LogP contribution >= 0.6 is 39.3 Å². The van der Waals surface area contributed by atoms with Gasteiger partial charge in [0, 0.05) is 39.1 Å². The standard InChI is InChI=1S/C21H23BrClNS/c1-13-9-18(14(2)8-17(13)23)25-19-10-16-12-24(21(19)20(16)22)11-15-6-4-3-5-7-15/h3-9,16,19-21H,10-12H2,1-2H3/t16-,19-,20+,21+/m0/s1. The summed E-state index contributed by atoms with van der Waals surface area (Å²) in [6.45, 7) is 6.54. The predicted molar refractivity (Wildman–Crippen MR) is 112 cm³/mol. The zero-order chi connectivity index (χ0) is 17.6. The summed E-state index contributed by atoms with van der Waals surface area (Å²) in [5, 5.41) is 1.52. The molecule has 2 bridgehead atoms. The number of nitrogens with zero attached hydrogens (tertiary/aromatic N) is 1. The van der Waals surface area contributed by atoms with Crippen molar-refractivity contribution in [2.24, 2.45) is 5.92 Å². The van der Waals surface area contributed by atoms with Crippen molar-refractivity contribution in [3.8, 4) is 0 Å². The molecule has 1 heterocycles. The average molecular weight is 437 g/mol. The normalized spacial score (nSPS) is 28.6. The van der Waals surface area contributed by atoms with E-state index in [9.17, 15) is 0 Å². The Morgan fingerprint density at radius 2 is 1.92 bits per heavy atom. The number of thioether (sulfide) groups is 1. The van der Waals surface area contributed by atoms with Crippen molar-refractivity contribution >= 4 is 39.3 Å². The van der Waals surface area contributed by atoms with Gasteiger partial charge in [0.25, 0.3) is 0 Å². The van der Waals surface area contributed by atoms with E-state index in [0.29, 0.717) is 16.1 Å². The highest BCUT2D eigenvalue weighted by molar-refractivity contribution is 9.09. The maximum atomic E-state index is 6.28. The molecular formula is C21H23BrClNS. The van der Waals surface area contributed by atoms with Crippen LogP contribution in [-0.2, 0) is 6.54 Å². The number of alkyl halides is 1. The number of piperidine rings is 1. The van der Waals surface area contributed by atoms with Gasteiger partial charge in [0.05, 0.1) is 0 Å². The number of benzene rings is 2. The Balaban J connectivity index is 1.53. The Bertz CT molecular complexity index is 766. The molecule has 1 nitrogen and oxygen atoms in total. The van der Waals surface area contributed by atoms with Crippen LogP contribution in [0.25, 0.3) is 0 Å². The van der Waals surface area contributed by atoms with Crippen LogP contribution in [0.1, 0.15) is 23.1 Å². The quantitative estimate of drug-likeness (QED) is 0.534. The van der Waals surface area contributed by atoms with Gasteiger partial charge in [-0.25, -0.2) is 0 Å². The second-order valence-electron chi connectivity index (χ2n) is 7.37. The van der Waals surface area contributed by atoms with E-state index in [0.717, 1.165) is 17.5 Å². The number of hydrogen-bond donors (Lipinski definition) is 0. The number of hydrogen-bond acceptors (Lipinski definition) is 2. The van der Waals surface area contributed by atoms with Crippen LogP contribution in [0.5, 0.6) is 0 Å². The third kappa shape index (κ3) is 3.53. The number of rotatable bonds is 4. The van der Waals surface area contributed by atoms with E-state index in [1.54, 1.807) is 0 Å². The van der Waals surface area contributed by atoms with Crippen LogP contribution in [0.2, 0.25) is 5.02 Å². The minimum atomic E-state index is 0.602. The van der Waals surface area contributed by atoms with Crippen LogP contribution in [0, 0.1) is 19.8 Å². The second-order valence-corrected chi connectivity index (χ2v) is 10.1. The third-order valence-electron chi connectivity index (χ3n) is 5.55. The molecule has 25 heavy (non-hydrogen) atoms. The average Bonchev–Trinajstić information content (AvgIpc) is 3.04. The summed E-state index contributed by atoms with van der Waals surface area (Å²) < 4.78 is 0. The molecule has 1 saturated carbocycles. The molecule has 4 atom stereocenters. The zero-order valence-corrected chi connectivity index (χ0v) is 17.7. The zero-order valence-electron chi connectivity index (χ0n) is 14.6. The fourth-order valence-corrected chi connectivity index (χ4v) is 7.38. The van der Waals surface area contributed by atoms with Gasteiger partial charge in [0.1, 0.15) is 0 Å². The highest BCUT2D eigenvalue weighted by Crippen LogP contribution is 2.50. The minimum Gasteiger partial charge on any atom is -0.294 e. The molecule has 0 N–H and O–H groups in total. The van der Waals surface area contributed by atoms with E-state index in [2.05, 4.69) is 88.9 Å². The fourth-order valence-electron chi connectivity index (χ4n) is 4.24. The van der Waals surface area contributed by atoms with Crippen molar-refractivity contribution in [1.29, 1.82) is 0 Å². The van der Waals surface area contributed by atoms with Gasteiger partial charge in [-0.3, -0.25) is 4.90 Å². The Labute approximate surface area is 168 Å². The summed E-state index contributed by atoms with van der Waals surface area (Å²) in [5.41, 5.74) is 3.88. The van der Waals surface area contributed by atoms with Crippen LogP contribution in [0.3, 0.4) is 0 Å². The smallest absolute Gasteiger partial charge is 0.0438 e. The van der Waals surface area contributed by atoms with Crippen molar-refractivity contribution in [2.45, 2.75) is 47.8 Å². The van der Waals surface area contributed by atoms with Gasteiger partial charge in [0.15, 0.2) is 0 Å². The van der Waals surface area contributed by atoms with E-state index in [1.165, 1.54) is 34.6 Å². The molecule has 1 aliphatic carbocycles. The van der Waals surface area contributed by atoms with E-state index in [-0.39, 0.29) is 0 Å². The van der Waals surface area contributed by atoms with Crippen molar-refractivity contribution in [2.75, 3.05) is 6.54 Å². The summed E-state index contributed by atoms with van der Waals surface area (Å²) >= 11 is 12.3. The Kier molecular flexibility index (Phi) is 5.20. The summed E-state index contributed by atoms with van der Waals surface area (Å²) in [5.74, 6) is 0.764. The molecule has 0 radical (unpaired) electrons. The first kappa shape index (κ1) is 17.9. The SMILES string of the molecule is Cc1cc(S[C@H]2C[C@H]3CN(Cc4ccccc4)[C@H]2[C@@H]3Br)c(C)cc1Cl. The van der Waals surface area contributed by atoms with E-state index in [1.807, 2.05) is 0 Å². The Morgan fingerprint density at radius 3 is 2.64 bits per heavy atom. The lowest BCUT2D eigenvalue weighted by atomic mass is 10.1. The Morgan fingerprint density at radius 1 is 1.16 bits per heavy atom. The molecule has 1 aliphatic heterocycles. The first-order valence-corrected chi connectivity index (χ1v) is 11.1. The summed E-state index contributed by atoms with van der Waals surface area (Å²) in [4.78, 5) is 4.68. The van der Waals surface area contributed by atoms with E-state index < -0.39 is 0 Å². The summed E-state index contributed by atoms with van der Waals surface area (Å²) in [6.07, 6.45) is 1.30. The molecule has 4 rings (SSSR count). The molecule has 2 fully saturated rings. The lowest BCUT2D eigenvalue weighted by Gasteiger charge is -2.33. The molecule has 0 unspecified atom stereocenters. The lowest BCUT2D eigenvalue weighted by molar-refractivity contribution is 0.211. The number of aryl methyl sites for hydroxylation is 2. The molecule has 2 aromatic rings. The third-order valence-corrected chi connectivity index (χ3v) is 8.71. The van der Waals surface area contributed by atoms with Crippen LogP contribution in [0.4, 0.5) is 0 Å². The van der Waals surface area contributed by atoms with Crippen LogP contribution in [0.15, 0.2) is 47.4 Å². The molecule has 1 saturated heterocycles. The molecule has 0 amide bonds. The molecule has 132 valence electrons. The van der Waals surface area contributed by atoms with Gasteiger partial charge in [-0.1, -0.05) is 57.9 Å². The number of fused-ring (bicyclic) bond motifs is 2. The highest BCUT2D eigenvalue weighted by atomic mass is 79.9. The number of likely N-dealkylation sites (tertiary alicyclic amines) is 1. The van der Waals surface area contributed by atoms with Crippen LogP contribution < -0.4 is 0 Å². The first-order chi connectivity index (χ1) is 12.0. The predicted octanol–water partition coefficient (Wildman–Crippen LogP) is 6.09. The minimum absolute atomic E-state index is 0.602. The van der Waals surface area contributed by atoms with E-state index >= 15 is 0 Å². The van der Waals surface area contributed by atoms with Crippen molar-refractivity contribution < 1.29 is 0 Å². The van der Waals surface area contributed by atoms with Crippen molar-refractivity contribution in [1.82, 2.24) is 4.90 Å². The highest BCUT2D eigenvalue weighted by Gasteiger charge is 2.51. The topological polar surface area (TPSA) is 3.24 Å². The monoisotopic (exact) mass is 435 g/mol. The van der Waals surface area contributed by atoms with E-state index in [4.69, 9.17) is 11.6 Å². The van der Waals surface area contributed by atoms with Gasteiger partial charge in [-0.2, -0.15) is 0 Å². The number of halogens is 2. The fraction of sp³-hybridized carbons (Fsp3) is 0.429. The molecule has 0 spiro atoms. The Hall–Kier alpha value is -0.480. The maximum absolute atomic E-state index is 6.28. The maximum Gasteiger partial charge on any atom is 0.0438 e. The molecule has 0 aromatic heterocycles. The largest absolute Gasteiger partial charge is 0.294 e. The molecular weight excluding hydrogens is 414 g/mol. The lowest BCUT2D eigenvalue weighted by Crippen LogP contribution is -2.40. The van der Waals surface area contributed by atoms with Gasteiger partial charge in [-0.05, 0) is 55.0 Å². The van der Waals surface area contributed by atoms with Crippen molar-refractivity contribution in [3.05, 3.63) is 64.2 Å². The van der Waals surface area contributed by atoms with Gasteiger partial charge in [-0.15, -0.1) is 11.8 Å². The van der Waals surface area contributed by atoms with Gasteiger partial charge in [0.2, 0.25) is 0 Å². The summed E-state index contributed by atoms with van der Waals surface area (Å²) in [7, 11) is 0. The first-order valence-electron chi connectivity index (χ1n) is 8.88. The molecule has 2 aromatic carbocycles. The van der Waals surface area contributed by atoms with Crippen LogP contribution in [-0.4, -0.2) is 27.6 Å². The van der Waals surface area contributed by atoms with Gasteiger partial charge >= 0.3 is 0 Å². The van der Waals surface area contributed by atoms with Crippen molar-refractivity contribution in [3.63, 3.8) is 0 Å². The molecule has 2 aliphatic rings. The molecule has 4 heteroatoms.